The van der Waals surface area contributed by atoms with E-state index in [-0.39, 0.29) is 18.7 Å². The highest BCUT2D eigenvalue weighted by atomic mass is 16.4. The molecular formula is C17H31NO5. The van der Waals surface area contributed by atoms with Gasteiger partial charge in [0, 0.05) is 19.4 Å². The van der Waals surface area contributed by atoms with Crippen LogP contribution in [0.15, 0.2) is 0 Å². The lowest BCUT2D eigenvalue weighted by molar-refractivity contribution is -0.151. The Labute approximate surface area is 138 Å². The topological polar surface area (TPSA) is 94.9 Å². The maximum absolute atomic E-state index is 12.2. The summed E-state index contributed by atoms with van der Waals surface area (Å²) < 4.78 is 0. The summed E-state index contributed by atoms with van der Waals surface area (Å²) in [6.07, 6.45) is 6.96. The van der Waals surface area contributed by atoms with Crippen molar-refractivity contribution in [1.29, 1.82) is 0 Å². The van der Waals surface area contributed by atoms with E-state index in [0.29, 0.717) is 19.4 Å². The van der Waals surface area contributed by atoms with E-state index in [0.717, 1.165) is 32.1 Å². The zero-order valence-corrected chi connectivity index (χ0v) is 14.4. The normalized spacial score (nSPS) is 11.9. The number of aliphatic carboxylic acids is 2. The number of hydrogen-bond acceptors (Lipinski definition) is 3. The van der Waals surface area contributed by atoms with Crippen molar-refractivity contribution in [3.05, 3.63) is 0 Å². The molecule has 0 saturated carbocycles. The second kappa shape index (κ2) is 12.9. The van der Waals surface area contributed by atoms with Gasteiger partial charge in [0.1, 0.15) is 6.04 Å². The first-order chi connectivity index (χ1) is 10.9. The summed E-state index contributed by atoms with van der Waals surface area (Å²) in [7, 11) is 0. The fourth-order valence-corrected chi connectivity index (χ4v) is 2.55. The Bertz CT molecular complexity index is 370. The molecule has 2 N–H and O–H groups in total. The van der Waals surface area contributed by atoms with E-state index in [1.54, 1.807) is 0 Å². The Kier molecular flexibility index (Phi) is 12.0. The van der Waals surface area contributed by atoms with Gasteiger partial charge in [-0.15, -0.1) is 0 Å². The molecule has 0 fully saturated rings. The minimum atomic E-state index is -1.12. The van der Waals surface area contributed by atoms with Gasteiger partial charge >= 0.3 is 11.9 Å². The summed E-state index contributed by atoms with van der Waals surface area (Å²) >= 11 is 0. The molecule has 0 aromatic carbocycles. The zero-order valence-electron chi connectivity index (χ0n) is 14.4. The van der Waals surface area contributed by atoms with Crippen molar-refractivity contribution in [2.24, 2.45) is 0 Å². The zero-order chi connectivity index (χ0) is 17.7. The molecule has 1 atom stereocenters. The van der Waals surface area contributed by atoms with Gasteiger partial charge < -0.3 is 15.1 Å². The van der Waals surface area contributed by atoms with E-state index >= 15 is 0 Å². The number of carboxylic acids is 2. The van der Waals surface area contributed by atoms with E-state index in [1.165, 1.54) is 11.3 Å². The predicted octanol–water partition coefficient (Wildman–Crippen LogP) is 3.29. The van der Waals surface area contributed by atoms with Crippen LogP contribution in [0.3, 0.4) is 0 Å². The van der Waals surface area contributed by atoms with Gasteiger partial charge in [-0.1, -0.05) is 46.0 Å². The van der Waals surface area contributed by atoms with Crippen LogP contribution >= 0.6 is 0 Å². The highest BCUT2D eigenvalue weighted by molar-refractivity contribution is 5.84. The molecule has 0 saturated heterocycles. The molecule has 0 aliphatic rings. The fraction of sp³-hybridized carbons (Fsp3) is 0.824. The second-order valence-electron chi connectivity index (χ2n) is 5.89. The van der Waals surface area contributed by atoms with Crippen LogP contribution in [0.1, 0.15) is 78.1 Å². The number of carboxylic acid groups (broad SMARTS) is 2. The predicted molar refractivity (Wildman–Crippen MR) is 88.3 cm³/mol. The molecule has 0 radical (unpaired) electrons. The first-order valence-corrected chi connectivity index (χ1v) is 8.68. The van der Waals surface area contributed by atoms with E-state index in [4.69, 9.17) is 5.11 Å². The average molecular weight is 329 g/mol. The third kappa shape index (κ3) is 9.92. The van der Waals surface area contributed by atoms with Crippen molar-refractivity contribution in [2.45, 2.75) is 84.1 Å². The molecule has 1 unspecified atom stereocenters. The van der Waals surface area contributed by atoms with Crippen molar-refractivity contribution >= 4 is 17.8 Å². The first-order valence-electron chi connectivity index (χ1n) is 8.68. The minimum absolute atomic E-state index is 0.0457. The molecule has 134 valence electrons. The molecule has 0 rings (SSSR count). The lowest BCUT2D eigenvalue weighted by Gasteiger charge is -2.29. The summed E-state index contributed by atoms with van der Waals surface area (Å²) in [5, 5.41) is 18.1. The van der Waals surface area contributed by atoms with Crippen LogP contribution in [-0.2, 0) is 14.4 Å². The number of amides is 1. The fourth-order valence-electron chi connectivity index (χ4n) is 2.55. The van der Waals surface area contributed by atoms with Crippen molar-refractivity contribution in [3.8, 4) is 0 Å². The van der Waals surface area contributed by atoms with Crippen LogP contribution in [0.4, 0.5) is 0 Å². The van der Waals surface area contributed by atoms with Gasteiger partial charge in [0.25, 0.3) is 0 Å². The quantitative estimate of drug-likeness (QED) is 0.477. The number of unbranched alkanes of at least 4 members (excludes halogenated alkanes) is 5. The van der Waals surface area contributed by atoms with Crippen LogP contribution in [0.5, 0.6) is 0 Å². The Morgan fingerprint density at radius 2 is 1.48 bits per heavy atom. The molecular weight excluding hydrogens is 298 g/mol. The van der Waals surface area contributed by atoms with Gasteiger partial charge in [0.05, 0.1) is 0 Å². The summed E-state index contributed by atoms with van der Waals surface area (Å²) in [4.78, 5) is 35.7. The third-order valence-electron chi connectivity index (χ3n) is 3.83. The van der Waals surface area contributed by atoms with Gasteiger partial charge in [-0.2, -0.15) is 0 Å². The minimum Gasteiger partial charge on any atom is -0.481 e. The Balaban J connectivity index is 4.64. The number of nitrogens with zero attached hydrogens (tertiary/aromatic N) is 1. The molecule has 1 amide bonds. The molecule has 6 nitrogen and oxygen atoms in total. The molecule has 0 aliphatic heterocycles. The highest BCUT2D eigenvalue weighted by Crippen LogP contribution is 2.14. The SMILES string of the molecule is CCCCCCCCN(C(=O)CCC)C(CCC(=O)O)C(=O)O. The Hall–Kier alpha value is -1.59. The van der Waals surface area contributed by atoms with Crippen LogP contribution < -0.4 is 0 Å². The third-order valence-corrected chi connectivity index (χ3v) is 3.83. The largest absolute Gasteiger partial charge is 0.481 e. The van der Waals surface area contributed by atoms with Gasteiger partial charge in [-0.3, -0.25) is 9.59 Å². The monoisotopic (exact) mass is 329 g/mol. The first kappa shape index (κ1) is 21.4. The molecule has 23 heavy (non-hydrogen) atoms. The standard InChI is InChI=1S/C17H31NO5/c1-3-5-6-7-8-9-13-18(15(19)10-4-2)14(17(22)23)11-12-16(20)21/h14H,3-13H2,1-2H3,(H,20,21)(H,22,23). The summed E-state index contributed by atoms with van der Waals surface area (Å²) in [6, 6.07) is -1.04. The van der Waals surface area contributed by atoms with Crippen molar-refractivity contribution in [1.82, 2.24) is 4.90 Å². The highest BCUT2D eigenvalue weighted by Gasteiger charge is 2.29. The van der Waals surface area contributed by atoms with E-state index in [2.05, 4.69) is 6.92 Å². The van der Waals surface area contributed by atoms with Gasteiger partial charge in [-0.25, -0.2) is 4.79 Å². The van der Waals surface area contributed by atoms with Crippen LogP contribution in [0, 0.1) is 0 Å². The average Bonchev–Trinajstić information content (AvgIpc) is 2.48. The molecule has 0 spiro atoms. The maximum atomic E-state index is 12.2. The number of rotatable bonds is 14. The molecule has 0 aromatic rings. The van der Waals surface area contributed by atoms with E-state index < -0.39 is 18.0 Å². The van der Waals surface area contributed by atoms with Crippen LogP contribution in [0.2, 0.25) is 0 Å². The van der Waals surface area contributed by atoms with Gasteiger partial charge in [0.15, 0.2) is 0 Å². The number of carbonyl (C=O) groups excluding carboxylic acids is 1. The molecule has 0 aliphatic carbocycles. The smallest absolute Gasteiger partial charge is 0.326 e. The number of carbonyl (C=O) groups is 3. The van der Waals surface area contributed by atoms with E-state index in [1.807, 2.05) is 6.92 Å². The van der Waals surface area contributed by atoms with Crippen LogP contribution in [-0.4, -0.2) is 45.5 Å². The lowest BCUT2D eigenvalue weighted by atomic mass is 10.1. The summed E-state index contributed by atoms with van der Waals surface area (Å²) in [6.45, 7) is 4.40. The van der Waals surface area contributed by atoms with Crippen molar-refractivity contribution in [3.63, 3.8) is 0 Å². The summed E-state index contributed by atoms with van der Waals surface area (Å²) in [5.74, 6) is -2.36. The Morgan fingerprint density at radius 3 is 2.00 bits per heavy atom. The Morgan fingerprint density at radius 1 is 0.870 bits per heavy atom. The van der Waals surface area contributed by atoms with Gasteiger partial charge in [0.2, 0.25) is 5.91 Å². The summed E-state index contributed by atoms with van der Waals surface area (Å²) in [5.41, 5.74) is 0. The molecule has 0 heterocycles. The molecule has 0 bridgehead atoms. The molecule has 0 aromatic heterocycles. The van der Waals surface area contributed by atoms with E-state index in [9.17, 15) is 19.5 Å². The van der Waals surface area contributed by atoms with Crippen LogP contribution in [0.25, 0.3) is 0 Å². The molecule has 6 heteroatoms. The number of hydrogen-bond donors (Lipinski definition) is 2. The second-order valence-corrected chi connectivity index (χ2v) is 5.89. The van der Waals surface area contributed by atoms with Crippen molar-refractivity contribution in [2.75, 3.05) is 6.54 Å². The maximum Gasteiger partial charge on any atom is 0.326 e. The van der Waals surface area contributed by atoms with Gasteiger partial charge in [-0.05, 0) is 19.3 Å². The van der Waals surface area contributed by atoms with Crippen molar-refractivity contribution < 1.29 is 24.6 Å². The lowest BCUT2D eigenvalue weighted by Crippen LogP contribution is -2.45.